The summed E-state index contributed by atoms with van der Waals surface area (Å²) in [6.07, 6.45) is 72.3. The van der Waals surface area contributed by atoms with E-state index in [4.69, 9.17) is 37.0 Å². The largest absolute Gasteiger partial charge is 0.472 e. The Labute approximate surface area is 658 Å². The number of phosphoric ester groups is 2. The van der Waals surface area contributed by atoms with Crippen LogP contribution in [0, 0.1) is 11.8 Å². The SMILES string of the molecule is CCCCCCCCCCCCCCCCCCCCCC(=O)OC[C@H](COP(=O)(O)OC[C@@H](O)COP(=O)(O)OC[C@@H](COC(=O)CCCCCCCCC(C)CC)OC(=O)CCCCCCCCCCCCCCCCCCCCC)OC(=O)CCCCCCCCCCCCCCCCCCC(C)C. The van der Waals surface area contributed by atoms with Gasteiger partial charge in [-0.2, -0.15) is 0 Å². The first kappa shape index (κ1) is 105. The molecule has 0 amide bonds. The molecular weight excluding hydrogens is 1390 g/mol. The molecular formula is C88H172O17P2. The van der Waals surface area contributed by atoms with Crippen LogP contribution in [0.5, 0.6) is 0 Å². The molecule has 0 aliphatic heterocycles. The highest BCUT2D eigenvalue weighted by molar-refractivity contribution is 7.47. The van der Waals surface area contributed by atoms with Crippen molar-refractivity contribution in [1.29, 1.82) is 0 Å². The smallest absolute Gasteiger partial charge is 0.462 e. The maximum atomic E-state index is 13.2. The predicted molar refractivity (Wildman–Crippen MR) is 442 cm³/mol. The molecule has 0 aromatic carbocycles. The summed E-state index contributed by atoms with van der Waals surface area (Å²) in [6.45, 7) is 9.68. The summed E-state index contributed by atoms with van der Waals surface area (Å²) < 4.78 is 69.0. The summed E-state index contributed by atoms with van der Waals surface area (Å²) in [7, 11) is -9.93. The van der Waals surface area contributed by atoms with Crippen LogP contribution < -0.4 is 0 Å². The van der Waals surface area contributed by atoms with Gasteiger partial charge in [-0.3, -0.25) is 37.3 Å². The zero-order chi connectivity index (χ0) is 78.5. The van der Waals surface area contributed by atoms with Crippen molar-refractivity contribution in [2.45, 2.75) is 490 Å². The van der Waals surface area contributed by atoms with Crippen LogP contribution in [0.2, 0.25) is 0 Å². The first-order valence-electron chi connectivity index (χ1n) is 45.5. The summed E-state index contributed by atoms with van der Waals surface area (Å²) in [6, 6.07) is 0. The summed E-state index contributed by atoms with van der Waals surface area (Å²) in [5, 5.41) is 10.7. The summed E-state index contributed by atoms with van der Waals surface area (Å²) in [5.41, 5.74) is 0. The molecule has 636 valence electrons. The lowest BCUT2D eigenvalue weighted by Gasteiger charge is -2.21. The van der Waals surface area contributed by atoms with Gasteiger partial charge >= 0.3 is 39.5 Å². The Balaban J connectivity index is 5.22. The molecule has 19 heteroatoms. The lowest BCUT2D eigenvalue weighted by Crippen LogP contribution is -2.30. The van der Waals surface area contributed by atoms with Crippen LogP contribution in [0.25, 0.3) is 0 Å². The van der Waals surface area contributed by atoms with Gasteiger partial charge in [0.2, 0.25) is 0 Å². The van der Waals surface area contributed by atoms with Gasteiger partial charge in [0.25, 0.3) is 0 Å². The molecule has 0 bridgehead atoms. The number of hydrogen-bond donors (Lipinski definition) is 3. The van der Waals surface area contributed by atoms with Gasteiger partial charge < -0.3 is 33.8 Å². The lowest BCUT2D eigenvalue weighted by atomic mass is 10.00. The highest BCUT2D eigenvalue weighted by Crippen LogP contribution is 2.45. The molecule has 0 aliphatic carbocycles. The van der Waals surface area contributed by atoms with Gasteiger partial charge in [-0.15, -0.1) is 0 Å². The molecule has 0 radical (unpaired) electrons. The summed E-state index contributed by atoms with van der Waals surface area (Å²) in [4.78, 5) is 73.3. The quantitative estimate of drug-likeness (QED) is 0.0222. The van der Waals surface area contributed by atoms with Gasteiger partial charge in [-0.05, 0) is 37.5 Å². The highest BCUT2D eigenvalue weighted by Gasteiger charge is 2.31. The normalized spacial score (nSPS) is 14.0. The number of ether oxygens (including phenoxy) is 4. The molecule has 0 aromatic heterocycles. The van der Waals surface area contributed by atoms with E-state index in [-0.39, 0.29) is 25.7 Å². The summed E-state index contributed by atoms with van der Waals surface area (Å²) >= 11 is 0. The molecule has 3 N–H and O–H groups in total. The number of aliphatic hydroxyl groups is 1. The van der Waals surface area contributed by atoms with E-state index in [9.17, 15) is 43.2 Å². The third kappa shape index (κ3) is 80.5. The molecule has 0 saturated carbocycles. The number of carbonyl (C=O) groups excluding carboxylic acids is 4. The van der Waals surface area contributed by atoms with Crippen LogP contribution in [0.1, 0.15) is 472 Å². The fraction of sp³-hybridized carbons (Fsp3) is 0.955. The lowest BCUT2D eigenvalue weighted by molar-refractivity contribution is -0.161. The van der Waals surface area contributed by atoms with E-state index < -0.39 is 97.5 Å². The van der Waals surface area contributed by atoms with Gasteiger partial charge in [0.15, 0.2) is 12.2 Å². The van der Waals surface area contributed by atoms with E-state index in [1.807, 2.05) is 0 Å². The second-order valence-electron chi connectivity index (χ2n) is 32.4. The van der Waals surface area contributed by atoms with Crippen LogP contribution in [-0.2, 0) is 65.4 Å². The van der Waals surface area contributed by atoms with Crippen LogP contribution >= 0.6 is 15.6 Å². The standard InChI is InChI=1S/C88H172O17P2/c1-7-10-12-14-16-18-20-22-24-26-28-30-35-39-43-47-51-58-64-70-85(90)98-76-83(104-87(92)72-66-61-53-49-45-41-37-33-32-34-38-42-46-50-56-62-68-80(4)5)78-102-106(94,95)100-74-82(89)75-101-107(96,97)103-79-84(77-99-86(91)71-65-59-55-54-57-63-69-81(6)9-3)105-88(93)73-67-60-52-48-44-40-36-31-29-27-25-23-21-19-17-15-13-11-8-2/h80-84,89H,7-79H2,1-6H3,(H,94,95)(H,96,97)/t81?,82-,83-,84-/m1/s1. The van der Waals surface area contributed by atoms with Crippen molar-refractivity contribution in [3.63, 3.8) is 0 Å². The van der Waals surface area contributed by atoms with E-state index >= 15 is 0 Å². The molecule has 0 rings (SSSR count). The molecule has 0 saturated heterocycles. The minimum absolute atomic E-state index is 0.108. The Bertz CT molecular complexity index is 2050. The van der Waals surface area contributed by atoms with Crippen molar-refractivity contribution >= 4 is 39.5 Å². The number of unbranched alkanes of at least 4 members (excludes halogenated alkanes) is 56. The van der Waals surface area contributed by atoms with E-state index in [0.29, 0.717) is 25.7 Å². The van der Waals surface area contributed by atoms with Gasteiger partial charge in [0.05, 0.1) is 26.4 Å². The third-order valence-electron chi connectivity index (χ3n) is 21.1. The monoisotopic (exact) mass is 1560 g/mol. The molecule has 0 fully saturated rings. The molecule has 0 heterocycles. The van der Waals surface area contributed by atoms with Crippen molar-refractivity contribution in [2.24, 2.45) is 11.8 Å². The Morgan fingerprint density at radius 3 is 0.710 bits per heavy atom. The Kier molecular flexibility index (Phi) is 77.9. The zero-order valence-corrected chi connectivity index (χ0v) is 72.2. The Morgan fingerprint density at radius 1 is 0.271 bits per heavy atom. The predicted octanol–water partition coefficient (Wildman–Crippen LogP) is 27.0. The van der Waals surface area contributed by atoms with Gasteiger partial charge in [0, 0.05) is 25.7 Å². The molecule has 0 aliphatic rings. The van der Waals surface area contributed by atoms with Crippen molar-refractivity contribution in [3.8, 4) is 0 Å². The van der Waals surface area contributed by atoms with E-state index in [2.05, 4.69) is 41.5 Å². The number of phosphoric acid groups is 2. The number of aliphatic hydroxyl groups excluding tert-OH is 1. The highest BCUT2D eigenvalue weighted by atomic mass is 31.2. The average molecular weight is 1560 g/mol. The zero-order valence-electron chi connectivity index (χ0n) is 70.5. The molecule has 0 spiro atoms. The number of rotatable bonds is 87. The maximum absolute atomic E-state index is 13.2. The van der Waals surface area contributed by atoms with Crippen LogP contribution in [-0.4, -0.2) is 96.7 Å². The molecule has 6 atom stereocenters. The van der Waals surface area contributed by atoms with Crippen molar-refractivity contribution in [2.75, 3.05) is 39.6 Å². The van der Waals surface area contributed by atoms with Crippen LogP contribution in [0.4, 0.5) is 0 Å². The maximum Gasteiger partial charge on any atom is 0.472 e. The summed E-state index contributed by atoms with van der Waals surface area (Å²) in [5.74, 6) is -0.561. The second kappa shape index (κ2) is 79.3. The van der Waals surface area contributed by atoms with Gasteiger partial charge in [-0.25, -0.2) is 9.13 Å². The third-order valence-corrected chi connectivity index (χ3v) is 23.0. The van der Waals surface area contributed by atoms with Crippen LogP contribution in [0.15, 0.2) is 0 Å². The topological polar surface area (TPSA) is 237 Å². The Hall–Kier alpha value is -1.94. The number of esters is 4. The van der Waals surface area contributed by atoms with Gasteiger partial charge in [-0.1, -0.05) is 420 Å². The minimum Gasteiger partial charge on any atom is -0.462 e. The van der Waals surface area contributed by atoms with E-state index in [1.54, 1.807) is 0 Å². The number of carbonyl (C=O) groups is 4. The molecule has 107 heavy (non-hydrogen) atoms. The second-order valence-corrected chi connectivity index (χ2v) is 35.3. The van der Waals surface area contributed by atoms with Gasteiger partial charge in [0.1, 0.15) is 19.3 Å². The van der Waals surface area contributed by atoms with E-state index in [0.717, 1.165) is 108 Å². The number of hydrogen-bond acceptors (Lipinski definition) is 15. The molecule has 17 nitrogen and oxygen atoms in total. The minimum atomic E-state index is -4.97. The van der Waals surface area contributed by atoms with Crippen molar-refractivity contribution < 1.29 is 80.2 Å². The molecule has 0 aromatic rings. The fourth-order valence-electron chi connectivity index (χ4n) is 13.7. The fourth-order valence-corrected chi connectivity index (χ4v) is 15.3. The van der Waals surface area contributed by atoms with Crippen LogP contribution in [0.3, 0.4) is 0 Å². The first-order valence-corrected chi connectivity index (χ1v) is 48.5. The first-order chi connectivity index (χ1) is 51.9. The Morgan fingerprint density at radius 2 is 0.477 bits per heavy atom. The average Bonchev–Trinajstić information content (AvgIpc) is 0.968. The van der Waals surface area contributed by atoms with Crippen molar-refractivity contribution in [1.82, 2.24) is 0 Å². The van der Waals surface area contributed by atoms with E-state index in [1.165, 1.54) is 283 Å². The van der Waals surface area contributed by atoms with Crippen molar-refractivity contribution in [3.05, 3.63) is 0 Å². The molecule has 3 unspecified atom stereocenters.